The third-order valence-corrected chi connectivity index (χ3v) is 7.29. The second kappa shape index (κ2) is 10.1. The fraction of sp³-hybridized carbons (Fsp3) is 0.864. The zero-order chi connectivity index (χ0) is 20.9. The van der Waals surface area contributed by atoms with Gasteiger partial charge in [0.1, 0.15) is 12.4 Å². The molecule has 2 unspecified atom stereocenters. The van der Waals surface area contributed by atoms with Crippen molar-refractivity contribution in [1.29, 1.82) is 0 Å². The number of aliphatic hydroxyl groups excluding tert-OH is 1. The van der Waals surface area contributed by atoms with Crippen LogP contribution in [0.2, 0.25) is 0 Å². The summed E-state index contributed by atoms with van der Waals surface area (Å²) in [5.74, 6) is 2.72. The van der Waals surface area contributed by atoms with Crippen molar-refractivity contribution in [3.05, 3.63) is 11.6 Å². The Balaban J connectivity index is 1.34. The van der Waals surface area contributed by atoms with E-state index in [0.717, 1.165) is 56.4 Å². The summed E-state index contributed by atoms with van der Waals surface area (Å²) in [7, 11) is 1.99. The smallest absolute Gasteiger partial charge is 0.192 e. The molecule has 3 aliphatic rings. The third-order valence-electron chi connectivity index (χ3n) is 7.29. The molecule has 1 aromatic rings. The lowest BCUT2D eigenvalue weighted by Gasteiger charge is -2.42. The van der Waals surface area contributed by atoms with Gasteiger partial charge in [0.25, 0.3) is 0 Å². The fourth-order valence-electron chi connectivity index (χ4n) is 5.22. The Morgan fingerprint density at radius 1 is 0.967 bits per heavy atom. The lowest BCUT2D eigenvalue weighted by atomic mass is 9.89. The molecule has 3 N–H and O–H groups in total. The molecular formula is C22H39N7O. The van der Waals surface area contributed by atoms with E-state index in [0.29, 0.717) is 24.7 Å². The Bertz CT molecular complexity index is 704. The molecule has 2 heterocycles. The van der Waals surface area contributed by atoms with E-state index in [1.807, 2.05) is 18.5 Å². The maximum Gasteiger partial charge on any atom is 0.192 e. The quantitative estimate of drug-likeness (QED) is 0.501. The lowest BCUT2D eigenvalue weighted by molar-refractivity contribution is 0.00809. The van der Waals surface area contributed by atoms with Gasteiger partial charge in [-0.3, -0.25) is 4.90 Å². The van der Waals surface area contributed by atoms with E-state index in [1.54, 1.807) is 0 Å². The molecule has 30 heavy (non-hydrogen) atoms. The fourth-order valence-corrected chi connectivity index (χ4v) is 5.22. The summed E-state index contributed by atoms with van der Waals surface area (Å²) in [6.45, 7) is 4.61. The van der Waals surface area contributed by atoms with E-state index in [2.05, 4.69) is 25.7 Å². The van der Waals surface area contributed by atoms with Gasteiger partial charge in [-0.15, -0.1) is 10.2 Å². The van der Waals surface area contributed by atoms with Crippen LogP contribution in [0.25, 0.3) is 0 Å². The largest absolute Gasteiger partial charge is 0.391 e. The Kier molecular flexibility index (Phi) is 7.25. The minimum atomic E-state index is -0.140. The molecule has 8 nitrogen and oxygen atoms in total. The van der Waals surface area contributed by atoms with Crippen molar-refractivity contribution in [2.75, 3.05) is 13.1 Å². The molecule has 0 amide bonds. The Morgan fingerprint density at radius 3 is 2.23 bits per heavy atom. The zero-order valence-electron chi connectivity index (χ0n) is 18.7. The van der Waals surface area contributed by atoms with E-state index in [9.17, 15) is 5.11 Å². The number of aryl methyl sites for hydroxylation is 1. The molecule has 2 saturated carbocycles. The lowest BCUT2D eigenvalue weighted by Crippen LogP contribution is -2.54. The molecular weight excluding hydrogens is 378 g/mol. The second-order valence-corrected chi connectivity index (χ2v) is 9.39. The Morgan fingerprint density at radius 2 is 1.60 bits per heavy atom. The van der Waals surface area contributed by atoms with Crippen molar-refractivity contribution in [1.82, 2.24) is 30.3 Å². The summed E-state index contributed by atoms with van der Waals surface area (Å²) in [6, 6.07) is 1.31. The van der Waals surface area contributed by atoms with Crippen molar-refractivity contribution in [3.8, 4) is 0 Å². The summed E-state index contributed by atoms with van der Waals surface area (Å²) in [5, 5.41) is 26.2. The highest BCUT2D eigenvalue weighted by Gasteiger charge is 2.31. The van der Waals surface area contributed by atoms with Gasteiger partial charge in [0.2, 0.25) is 0 Å². The Labute approximate surface area is 180 Å². The van der Waals surface area contributed by atoms with Crippen LogP contribution in [-0.2, 0) is 13.6 Å². The molecule has 168 valence electrons. The topological polar surface area (TPSA) is 90.6 Å². The number of aromatic nitrogens is 3. The second-order valence-electron chi connectivity index (χ2n) is 9.39. The average molecular weight is 418 g/mol. The zero-order valence-corrected chi connectivity index (χ0v) is 18.7. The van der Waals surface area contributed by atoms with E-state index in [1.165, 1.54) is 38.5 Å². The molecule has 2 atom stereocenters. The highest BCUT2D eigenvalue weighted by Crippen LogP contribution is 2.26. The molecule has 0 bridgehead atoms. The summed E-state index contributed by atoms with van der Waals surface area (Å²) >= 11 is 0. The van der Waals surface area contributed by atoms with Crippen LogP contribution in [0.4, 0.5) is 0 Å². The first-order valence-corrected chi connectivity index (χ1v) is 11.9. The standard InChI is InChI=1S/C22H39N7O/c1-16-26-27-21(28(16)2)15-23-22(24-17-7-3-4-8-17)25-18-11-13-29(14-12-18)19-9-5-6-10-20(19)30/h17-20,30H,3-15H2,1-2H3,(H2,23,24,25). The summed E-state index contributed by atoms with van der Waals surface area (Å²) < 4.78 is 2.00. The van der Waals surface area contributed by atoms with Crippen molar-refractivity contribution in [3.63, 3.8) is 0 Å². The van der Waals surface area contributed by atoms with Crippen LogP contribution in [0, 0.1) is 6.92 Å². The van der Waals surface area contributed by atoms with Gasteiger partial charge in [0.05, 0.1) is 6.10 Å². The molecule has 4 rings (SSSR count). The molecule has 0 aromatic carbocycles. The summed E-state index contributed by atoms with van der Waals surface area (Å²) in [6.07, 6.45) is 11.6. The number of rotatable bonds is 5. The number of nitrogens with one attached hydrogen (secondary N) is 2. The van der Waals surface area contributed by atoms with Gasteiger partial charge in [-0.1, -0.05) is 25.7 Å². The number of aliphatic hydroxyl groups is 1. The van der Waals surface area contributed by atoms with Gasteiger partial charge in [-0.05, 0) is 45.4 Å². The van der Waals surface area contributed by atoms with E-state index >= 15 is 0 Å². The van der Waals surface area contributed by atoms with Crippen molar-refractivity contribution >= 4 is 5.96 Å². The van der Waals surface area contributed by atoms with Crippen LogP contribution in [-0.4, -0.2) is 68.0 Å². The van der Waals surface area contributed by atoms with E-state index in [-0.39, 0.29) is 6.10 Å². The van der Waals surface area contributed by atoms with Crippen molar-refractivity contribution in [2.24, 2.45) is 12.0 Å². The number of piperidine rings is 1. The molecule has 2 aliphatic carbocycles. The summed E-state index contributed by atoms with van der Waals surface area (Å²) in [4.78, 5) is 7.38. The van der Waals surface area contributed by atoms with Crippen LogP contribution in [0.3, 0.4) is 0 Å². The molecule has 8 heteroatoms. The molecule has 0 spiro atoms. The number of likely N-dealkylation sites (tertiary alicyclic amines) is 1. The molecule has 1 aliphatic heterocycles. The third kappa shape index (κ3) is 5.32. The molecule has 3 fully saturated rings. The van der Waals surface area contributed by atoms with Gasteiger partial charge in [0, 0.05) is 38.3 Å². The van der Waals surface area contributed by atoms with Crippen LogP contribution in [0.1, 0.15) is 75.9 Å². The average Bonchev–Trinajstić information content (AvgIpc) is 3.38. The number of hydrogen-bond donors (Lipinski definition) is 3. The van der Waals surface area contributed by atoms with E-state index in [4.69, 9.17) is 4.99 Å². The minimum Gasteiger partial charge on any atom is -0.391 e. The highest BCUT2D eigenvalue weighted by molar-refractivity contribution is 5.80. The molecule has 1 saturated heterocycles. The van der Waals surface area contributed by atoms with Crippen LogP contribution in [0.5, 0.6) is 0 Å². The normalized spacial score (nSPS) is 27.5. The first-order chi connectivity index (χ1) is 14.6. The van der Waals surface area contributed by atoms with Crippen molar-refractivity contribution < 1.29 is 5.11 Å². The van der Waals surface area contributed by atoms with Crippen molar-refractivity contribution in [2.45, 2.75) is 102 Å². The maximum atomic E-state index is 10.4. The van der Waals surface area contributed by atoms with Gasteiger partial charge in [-0.25, -0.2) is 4.99 Å². The van der Waals surface area contributed by atoms with Crippen LogP contribution >= 0.6 is 0 Å². The first kappa shape index (κ1) is 21.6. The predicted octanol–water partition coefficient (Wildman–Crippen LogP) is 1.87. The monoisotopic (exact) mass is 417 g/mol. The van der Waals surface area contributed by atoms with Gasteiger partial charge >= 0.3 is 0 Å². The van der Waals surface area contributed by atoms with Crippen LogP contribution in [0.15, 0.2) is 4.99 Å². The maximum absolute atomic E-state index is 10.4. The molecule has 1 aromatic heterocycles. The number of hydrogen-bond acceptors (Lipinski definition) is 5. The van der Waals surface area contributed by atoms with Gasteiger partial charge in [-0.2, -0.15) is 0 Å². The van der Waals surface area contributed by atoms with Gasteiger partial charge < -0.3 is 20.3 Å². The minimum absolute atomic E-state index is 0.140. The Hall–Kier alpha value is -1.67. The summed E-state index contributed by atoms with van der Waals surface area (Å²) in [5.41, 5.74) is 0. The van der Waals surface area contributed by atoms with Crippen LogP contribution < -0.4 is 10.6 Å². The molecule has 0 radical (unpaired) electrons. The van der Waals surface area contributed by atoms with E-state index < -0.39 is 0 Å². The SMILES string of the molecule is Cc1nnc(CN=C(NC2CCCC2)NC2CCN(C3CCCCC3O)CC2)n1C. The number of aliphatic imine (C=N–C) groups is 1. The first-order valence-electron chi connectivity index (χ1n) is 11.9. The predicted molar refractivity (Wildman–Crippen MR) is 118 cm³/mol. The number of nitrogens with zero attached hydrogens (tertiary/aromatic N) is 5. The van der Waals surface area contributed by atoms with Gasteiger partial charge in [0.15, 0.2) is 11.8 Å². The number of guanidine groups is 1. The highest BCUT2D eigenvalue weighted by atomic mass is 16.3.